The van der Waals surface area contributed by atoms with Crippen molar-refractivity contribution < 1.29 is 29.2 Å². The molecule has 0 radical (unpaired) electrons. The van der Waals surface area contributed by atoms with Crippen LogP contribution in [0.15, 0.2) is 12.2 Å². The van der Waals surface area contributed by atoms with Crippen LogP contribution in [0.1, 0.15) is 96.8 Å². The Labute approximate surface area is 170 Å². The lowest BCUT2D eigenvalue weighted by molar-refractivity contribution is -0.140. The molecule has 28 heavy (non-hydrogen) atoms. The van der Waals surface area contributed by atoms with E-state index >= 15 is 0 Å². The zero-order valence-electron chi connectivity index (χ0n) is 17.4. The number of hydrogen-bond donors (Lipinski definition) is 3. The van der Waals surface area contributed by atoms with Crippen molar-refractivity contribution in [1.29, 1.82) is 0 Å². The van der Waals surface area contributed by atoms with Gasteiger partial charge in [0.15, 0.2) is 5.78 Å². The quantitative estimate of drug-likeness (QED) is 0.158. The first-order valence-corrected chi connectivity index (χ1v) is 11.9. The first-order valence-electron chi connectivity index (χ1n) is 10.7. The summed E-state index contributed by atoms with van der Waals surface area (Å²) >= 11 is 0. The topological polar surface area (TPSA) is 112 Å². The third-order valence-corrected chi connectivity index (χ3v) is 6.10. The van der Waals surface area contributed by atoms with Crippen LogP contribution in [0.5, 0.6) is 0 Å². The molecule has 2 atom stereocenters. The highest BCUT2D eigenvalue weighted by Gasteiger charge is 2.48. The minimum Gasteiger partial charge on any atom is -0.394 e. The molecule has 3 N–H and O–H groups in total. The van der Waals surface area contributed by atoms with E-state index in [1.807, 2.05) is 0 Å². The van der Waals surface area contributed by atoms with Crippen LogP contribution >= 0.6 is 7.68 Å². The Morgan fingerprint density at radius 2 is 1.36 bits per heavy atom. The second-order valence-corrected chi connectivity index (χ2v) is 8.64. The van der Waals surface area contributed by atoms with Gasteiger partial charge in [0.2, 0.25) is 0 Å². The Balaban J connectivity index is 3.71. The van der Waals surface area contributed by atoms with Crippen molar-refractivity contribution in [1.82, 2.24) is 0 Å². The van der Waals surface area contributed by atoms with Gasteiger partial charge >= 0.3 is 7.68 Å². The van der Waals surface area contributed by atoms with Crippen molar-refractivity contribution >= 4 is 13.5 Å². The van der Waals surface area contributed by atoms with Crippen molar-refractivity contribution in [3.05, 3.63) is 12.2 Å². The number of carbonyl (C=O) groups excluding carboxylic acids is 1. The van der Waals surface area contributed by atoms with Crippen LogP contribution in [0.3, 0.4) is 0 Å². The van der Waals surface area contributed by atoms with Crippen LogP contribution in [0, 0.1) is 0 Å². The predicted molar refractivity (Wildman–Crippen MR) is 111 cm³/mol. The van der Waals surface area contributed by atoms with Gasteiger partial charge in [-0.15, -0.1) is 0 Å². The summed E-state index contributed by atoms with van der Waals surface area (Å²) in [4.78, 5) is 11.9. The summed E-state index contributed by atoms with van der Waals surface area (Å²) in [6.45, 7) is 1.24. The van der Waals surface area contributed by atoms with Crippen LogP contribution in [-0.2, 0) is 13.9 Å². The molecule has 0 heterocycles. The number of Topliss-reactive ketones (excluding diaryl/α,β-unsaturated/α-hetero) is 1. The van der Waals surface area contributed by atoms with Gasteiger partial charge in [0.05, 0.1) is 6.61 Å². The first kappa shape index (κ1) is 27.2. The second kappa shape index (κ2) is 17.1. The highest BCUT2D eigenvalue weighted by molar-refractivity contribution is 7.34. The molecule has 0 amide bonds. The lowest BCUT2D eigenvalue weighted by Crippen LogP contribution is -2.47. The normalized spacial score (nSPS) is 14.9. The molecular weight excluding hydrogens is 379 g/mol. The van der Waals surface area contributed by atoms with E-state index in [0.29, 0.717) is 6.42 Å². The van der Waals surface area contributed by atoms with Crippen molar-refractivity contribution in [3.63, 3.8) is 0 Å². The highest BCUT2D eigenvalue weighted by atomic mass is 31.1. The van der Waals surface area contributed by atoms with E-state index < -0.39 is 31.5 Å². The van der Waals surface area contributed by atoms with Crippen molar-refractivity contribution in [2.45, 2.75) is 108 Å². The average Bonchev–Trinajstić information content (AvgIpc) is 2.69. The fourth-order valence-corrected chi connectivity index (χ4v) is 3.72. The van der Waals surface area contributed by atoms with Gasteiger partial charge in [-0.2, -0.15) is 0 Å². The Kier molecular flexibility index (Phi) is 16.6. The molecule has 0 aromatic carbocycles. The van der Waals surface area contributed by atoms with E-state index in [0.717, 1.165) is 38.5 Å². The van der Waals surface area contributed by atoms with E-state index in [1.54, 1.807) is 0 Å². The lowest BCUT2D eigenvalue weighted by atomic mass is 10.0. The fourth-order valence-electron chi connectivity index (χ4n) is 3.08. The molecule has 0 aliphatic heterocycles. The smallest absolute Gasteiger partial charge is 0.358 e. The van der Waals surface area contributed by atoms with Gasteiger partial charge < -0.3 is 15.3 Å². The fraction of sp³-hybridized carbons (Fsp3) is 0.857. The summed E-state index contributed by atoms with van der Waals surface area (Å²) in [5.74, 6) is -0.956. The number of allylic oxidation sites excluding steroid dienone is 2. The molecule has 6 nitrogen and oxygen atoms in total. The molecule has 0 aromatic rings. The number of aliphatic hydroxyl groups excluding tert-OH is 2. The average molecular weight is 419 g/mol. The van der Waals surface area contributed by atoms with Crippen LogP contribution in [0.2, 0.25) is 0 Å². The summed E-state index contributed by atoms with van der Waals surface area (Å²) in [6, 6.07) is 0. The largest absolute Gasteiger partial charge is 0.394 e. The van der Waals surface area contributed by atoms with Crippen molar-refractivity contribution in [2.24, 2.45) is 0 Å². The molecule has 0 spiro atoms. The van der Waals surface area contributed by atoms with Gasteiger partial charge in [0.1, 0.15) is 6.10 Å². The summed E-state index contributed by atoms with van der Waals surface area (Å²) in [6.07, 6.45) is 16.7. The highest BCUT2D eigenvalue weighted by Crippen LogP contribution is 2.32. The van der Waals surface area contributed by atoms with E-state index in [-0.39, 0.29) is 6.42 Å². The summed E-state index contributed by atoms with van der Waals surface area (Å²) in [5.41, 5.74) is 0. The standard InChI is InChI=1S/C21H39O6P/c1-2-3-4-5-6-7-8-9-10-11-12-13-14-15-16-17-19(23)21(25,28(26)27)20(24)18-22/h9-10,20,22,24-25H,2-8,11-18H2,1H3/b10-9-. The molecular formula is C21H39O6P. The predicted octanol–water partition coefficient (Wildman–Crippen LogP) is 4.81. The molecule has 0 fully saturated rings. The Morgan fingerprint density at radius 1 is 0.893 bits per heavy atom. The van der Waals surface area contributed by atoms with Gasteiger partial charge in [-0.1, -0.05) is 70.4 Å². The Bertz CT molecular complexity index is 495. The molecule has 0 bridgehead atoms. The van der Waals surface area contributed by atoms with Gasteiger partial charge in [-0.25, -0.2) is 9.13 Å². The number of ketones is 1. The number of unbranched alkanes of at least 4 members (excludes halogenated alkanes) is 11. The molecule has 164 valence electrons. The van der Waals surface area contributed by atoms with Crippen LogP contribution in [0.25, 0.3) is 0 Å². The number of rotatable bonds is 19. The number of carbonyl (C=O) groups is 1. The summed E-state index contributed by atoms with van der Waals surface area (Å²) in [5, 5.41) is 25.3. The van der Waals surface area contributed by atoms with Crippen LogP contribution < -0.4 is 0 Å². The second-order valence-electron chi connectivity index (χ2n) is 7.44. The van der Waals surface area contributed by atoms with Crippen LogP contribution in [-0.4, -0.2) is 39.2 Å². The maximum absolute atomic E-state index is 11.9. The minimum absolute atomic E-state index is 0.130. The van der Waals surface area contributed by atoms with E-state index in [1.165, 1.54) is 38.5 Å². The monoisotopic (exact) mass is 418 g/mol. The minimum atomic E-state index is -3.59. The third-order valence-electron chi connectivity index (χ3n) is 4.99. The molecule has 0 saturated carbocycles. The van der Waals surface area contributed by atoms with Gasteiger partial charge in [-0.3, -0.25) is 4.79 Å². The zero-order valence-corrected chi connectivity index (χ0v) is 18.2. The lowest BCUT2D eigenvalue weighted by Gasteiger charge is -2.22. The van der Waals surface area contributed by atoms with Gasteiger partial charge in [0.25, 0.3) is 5.34 Å². The van der Waals surface area contributed by atoms with Gasteiger partial charge in [-0.05, 0) is 32.1 Å². The van der Waals surface area contributed by atoms with E-state index in [4.69, 9.17) is 5.11 Å². The molecule has 7 heteroatoms. The SMILES string of the molecule is CCCCCCCC/C=C\CCCCCCCC(=O)C(O)(C(O)CO)P(=O)=O. The molecule has 0 aromatic heterocycles. The van der Waals surface area contributed by atoms with E-state index in [2.05, 4.69) is 19.1 Å². The van der Waals surface area contributed by atoms with E-state index in [9.17, 15) is 24.1 Å². The molecule has 0 saturated heterocycles. The Hall–Kier alpha value is -0.810. The summed E-state index contributed by atoms with van der Waals surface area (Å²) in [7, 11) is -3.59. The number of aliphatic hydroxyl groups is 3. The molecule has 0 rings (SSSR count). The third kappa shape index (κ3) is 11.3. The molecule has 0 aliphatic carbocycles. The maximum Gasteiger partial charge on any atom is 0.358 e. The molecule has 2 unspecified atom stereocenters. The number of hydrogen-bond acceptors (Lipinski definition) is 6. The molecule has 0 aliphatic rings. The van der Waals surface area contributed by atoms with Crippen LogP contribution in [0.4, 0.5) is 0 Å². The summed E-state index contributed by atoms with van der Waals surface area (Å²) < 4.78 is 22.2. The van der Waals surface area contributed by atoms with Gasteiger partial charge in [0, 0.05) is 6.42 Å². The Morgan fingerprint density at radius 3 is 1.82 bits per heavy atom. The van der Waals surface area contributed by atoms with Crippen molar-refractivity contribution in [2.75, 3.05) is 6.61 Å². The maximum atomic E-state index is 11.9. The first-order chi connectivity index (χ1) is 13.4. The zero-order chi connectivity index (χ0) is 21.3. The van der Waals surface area contributed by atoms with Crippen molar-refractivity contribution in [3.8, 4) is 0 Å².